The third-order valence-corrected chi connectivity index (χ3v) is 10.0. The van der Waals surface area contributed by atoms with Gasteiger partial charge >= 0.3 is 0 Å². The zero-order chi connectivity index (χ0) is 25.1. The molecule has 1 saturated heterocycles. The minimum absolute atomic E-state index is 0.0146. The number of carbonyl (C=O) groups excluding carboxylic acids is 1. The molecule has 11 nitrogen and oxygen atoms in total. The zero-order valence-electron chi connectivity index (χ0n) is 20.9. The number of aliphatic hydroxyl groups excluding tert-OH is 2. The van der Waals surface area contributed by atoms with E-state index in [4.69, 9.17) is 12.0 Å². The van der Waals surface area contributed by atoms with Crippen molar-refractivity contribution in [2.45, 2.75) is 77.3 Å². The molecular weight excluding hydrogens is 422 g/mol. The standard InChI is InChI=1S/C18H29N5O5Si.CH4O/c1-9-12(25)13(28-29(6,7)18(3,4)5)16(27-9)23-8-19-11-14(23)21-17(20-10(2)24)22-15(11)26;1-2/h8-9,12-13,16,25H,1-7H3,(H2,20,21,22,24,26);2H,1H3/t9-,12?,13+,16-;/m1./s1/i1D;2T. The van der Waals surface area contributed by atoms with E-state index >= 15 is 0 Å². The van der Waals surface area contributed by atoms with E-state index in [9.17, 15) is 14.7 Å². The summed E-state index contributed by atoms with van der Waals surface area (Å²) in [7, 11) is -1.01. The van der Waals surface area contributed by atoms with Gasteiger partial charge in [-0.25, -0.2) is 4.98 Å². The van der Waals surface area contributed by atoms with Crippen LogP contribution in [-0.4, -0.2) is 70.8 Å². The Morgan fingerprint density at radius 3 is 2.71 bits per heavy atom. The third kappa shape index (κ3) is 5.04. The van der Waals surface area contributed by atoms with Crippen LogP contribution >= 0.6 is 0 Å². The lowest BCUT2D eigenvalue weighted by Gasteiger charge is -2.40. The van der Waals surface area contributed by atoms with Crippen molar-refractivity contribution in [1.82, 2.24) is 19.5 Å². The molecule has 0 spiro atoms. The molecule has 0 aromatic carbocycles. The molecule has 3 heterocycles. The van der Waals surface area contributed by atoms with Crippen LogP contribution in [0, 0.1) is 0 Å². The monoisotopic (exact) mass is 458 g/mol. The summed E-state index contributed by atoms with van der Waals surface area (Å²) in [5.74, 6) is -0.399. The maximum atomic E-state index is 12.4. The van der Waals surface area contributed by atoms with Gasteiger partial charge in [-0.3, -0.25) is 24.5 Å². The van der Waals surface area contributed by atoms with Crippen LogP contribution in [0.3, 0.4) is 0 Å². The van der Waals surface area contributed by atoms with Crippen molar-refractivity contribution >= 4 is 31.3 Å². The Hall–Kier alpha value is -2.12. The molecule has 1 amide bonds. The number of nitrogens with zero attached hydrogens (tertiary/aromatic N) is 3. The maximum absolute atomic E-state index is 12.4. The molecule has 4 atom stereocenters. The SMILES string of the molecule is [2H]C[C@H]1O[C@@H](n2cnc3c(=O)[nH]c(NC(C)=O)nc32)[C@@H](O[Si](C)(C)C(C)(C)C)C1O.[3H]OC. The smallest absolute Gasteiger partial charge is 0.280 e. The summed E-state index contributed by atoms with van der Waals surface area (Å²) in [5.41, 5.74) is -0.253. The van der Waals surface area contributed by atoms with E-state index in [-0.39, 0.29) is 35.0 Å². The molecule has 0 bridgehead atoms. The Labute approximate surface area is 184 Å². The van der Waals surface area contributed by atoms with Crippen LogP contribution in [0.1, 0.15) is 42.2 Å². The van der Waals surface area contributed by atoms with Crippen LogP contribution in [-0.2, 0) is 14.0 Å². The van der Waals surface area contributed by atoms with Gasteiger partial charge in [0.25, 0.3) is 5.56 Å². The molecule has 0 saturated carbocycles. The first-order chi connectivity index (χ1) is 15.3. The van der Waals surface area contributed by atoms with E-state index in [2.05, 4.69) is 59.2 Å². The van der Waals surface area contributed by atoms with Gasteiger partial charge in [0.2, 0.25) is 13.3 Å². The summed E-state index contributed by atoms with van der Waals surface area (Å²) in [6.07, 6.45) is -1.95. The average molecular weight is 459 g/mol. The Balaban J connectivity index is 0.00000122. The van der Waals surface area contributed by atoms with Crippen molar-refractivity contribution in [2.24, 2.45) is 0 Å². The Bertz CT molecular complexity index is 1020. The van der Waals surface area contributed by atoms with E-state index in [1.807, 2.05) is 0 Å². The summed E-state index contributed by atoms with van der Waals surface area (Å²) in [5, 5.41) is 16.7. The van der Waals surface area contributed by atoms with Crippen molar-refractivity contribution in [3.63, 3.8) is 0 Å². The van der Waals surface area contributed by atoms with E-state index in [0.717, 1.165) is 0 Å². The first kappa shape index (κ1) is 22.1. The highest BCUT2D eigenvalue weighted by molar-refractivity contribution is 6.74. The highest BCUT2D eigenvalue weighted by Crippen LogP contribution is 2.42. The number of aliphatic hydroxyl groups is 2. The lowest BCUT2D eigenvalue weighted by Crippen LogP contribution is -2.48. The van der Waals surface area contributed by atoms with Crippen molar-refractivity contribution in [3.8, 4) is 0 Å². The predicted molar refractivity (Wildman–Crippen MR) is 118 cm³/mol. The maximum Gasteiger partial charge on any atom is 0.280 e. The van der Waals surface area contributed by atoms with E-state index in [0.29, 0.717) is 0 Å². The highest BCUT2D eigenvalue weighted by Gasteiger charge is 2.49. The first-order valence-electron chi connectivity index (χ1n) is 10.9. The molecule has 0 aliphatic carbocycles. The van der Waals surface area contributed by atoms with Crippen molar-refractivity contribution in [1.29, 1.82) is 1.43 Å². The second-order valence-electron chi connectivity index (χ2n) is 8.82. The van der Waals surface area contributed by atoms with E-state index in [1.165, 1.54) is 24.9 Å². The number of aromatic nitrogens is 4. The van der Waals surface area contributed by atoms with Gasteiger partial charge in [0.1, 0.15) is 12.2 Å². The predicted octanol–water partition coefficient (Wildman–Crippen LogP) is 1.36. The molecule has 4 N–H and O–H groups in total. The second-order valence-corrected chi connectivity index (χ2v) is 13.6. The number of fused-ring (bicyclic) bond motifs is 1. The van der Waals surface area contributed by atoms with Gasteiger partial charge in [-0.2, -0.15) is 4.98 Å². The minimum Gasteiger partial charge on any atom is -0.407 e. The van der Waals surface area contributed by atoms with Crippen molar-refractivity contribution < 1.29 is 25.5 Å². The molecule has 1 aliphatic heterocycles. The Morgan fingerprint density at radius 1 is 1.52 bits per heavy atom. The van der Waals surface area contributed by atoms with Crippen LogP contribution < -0.4 is 10.9 Å². The van der Waals surface area contributed by atoms with Crippen LogP contribution in [0.4, 0.5) is 5.95 Å². The average Bonchev–Trinajstić information content (AvgIpc) is 3.22. The minimum atomic E-state index is -2.30. The Kier molecular flexibility index (Phi) is 6.53. The number of ether oxygens (including phenoxy) is 1. The summed E-state index contributed by atoms with van der Waals surface area (Å²) < 4.78 is 27.4. The molecule has 2 aromatic rings. The number of hydrogen-bond acceptors (Lipinski definition) is 8. The fourth-order valence-electron chi connectivity index (χ4n) is 2.92. The molecule has 1 unspecified atom stereocenters. The Morgan fingerprint density at radius 2 is 2.16 bits per heavy atom. The molecule has 2 aromatic heterocycles. The van der Waals surface area contributed by atoms with Crippen LogP contribution in [0.15, 0.2) is 11.1 Å². The molecule has 1 aliphatic rings. The van der Waals surface area contributed by atoms with Gasteiger partial charge in [0, 0.05) is 15.4 Å². The summed E-state index contributed by atoms with van der Waals surface area (Å²) in [4.78, 5) is 34.6. The fraction of sp³-hybridized carbons (Fsp3) is 0.684. The van der Waals surface area contributed by atoms with Crippen molar-refractivity contribution in [2.75, 3.05) is 12.4 Å². The first-order valence-corrected chi connectivity index (χ1v) is 12.7. The molecule has 31 heavy (non-hydrogen) atoms. The topological polar surface area (TPSA) is 152 Å². The lowest BCUT2D eigenvalue weighted by atomic mass is 10.1. The zero-order valence-corrected chi connectivity index (χ0v) is 19.9. The quantitative estimate of drug-likeness (QED) is 0.501. The number of carbonyl (C=O) groups is 1. The third-order valence-electron chi connectivity index (χ3n) is 5.55. The molecule has 1 fully saturated rings. The number of imidazole rings is 1. The van der Waals surface area contributed by atoms with Gasteiger partial charge in [-0.15, -0.1) is 0 Å². The molecular formula is C19H33N5O6Si. The van der Waals surface area contributed by atoms with Crippen LogP contribution in [0.25, 0.3) is 11.2 Å². The normalized spacial score (nSPS) is 24.9. The number of rotatable bonds is 4. The lowest BCUT2D eigenvalue weighted by molar-refractivity contribution is -0.114. The molecule has 3 rings (SSSR count). The number of nitrogens with one attached hydrogen (secondary N) is 2. The summed E-state index contributed by atoms with van der Waals surface area (Å²) in [6, 6.07) is 0. The van der Waals surface area contributed by atoms with Gasteiger partial charge in [-0.05, 0) is 25.0 Å². The van der Waals surface area contributed by atoms with Gasteiger partial charge < -0.3 is 19.4 Å². The van der Waals surface area contributed by atoms with Gasteiger partial charge in [-0.1, -0.05) is 20.8 Å². The van der Waals surface area contributed by atoms with Gasteiger partial charge in [0.05, 0.1) is 12.4 Å². The molecule has 12 heteroatoms. The van der Waals surface area contributed by atoms with Crippen LogP contribution in [0.2, 0.25) is 18.1 Å². The molecule has 0 radical (unpaired) electrons. The highest BCUT2D eigenvalue weighted by atomic mass is 28.4. The number of anilines is 1. The number of amides is 1. The number of H-pyrrole nitrogens is 1. The van der Waals surface area contributed by atoms with E-state index in [1.54, 1.807) is 0 Å². The number of hydrogen-bond donors (Lipinski definition) is 4. The van der Waals surface area contributed by atoms with Gasteiger partial charge in [0.15, 0.2) is 25.7 Å². The second kappa shape index (κ2) is 9.16. The fourth-order valence-corrected chi connectivity index (χ4v) is 4.21. The van der Waals surface area contributed by atoms with Crippen molar-refractivity contribution in [3.05, 3.63) is 16.7 Å². The molecule has 174 valence electrons. The number of aromatic amines is 1. The largest absolute Gasteiger partial charge is 0.407 e. The summed E-state index contributed by atoms with van der Waals surface area (Å²) in [6.45, 7) is 11.6. The van der Waals surface area contributed by atoms with E-state index < -0.39 is 38.4 Å². The summed E-state index contributed by atoms with van der Waals surface area (Å²) >= 11 is 0. The van der Waals surface area contributed by atoms with Crippen LogP contribution in [0.5, 0.6) is 0 Å².